The van der Waals surface area contributed by atoms with E-state index in [1.54, 1.807) is 0 Å². The summed E-state index contributed by atoms with van der Waals surface area (Å²) in [5, 5.41) is 5.70. The number of hydrogen-bond donors (Lipinski definition) is 2. The van der Waals surface area contributed by atoms with Gasteiger partial charge in [0.15, 0.2) is 0 Å². The third-order valence-electron chi connectivity index (χ3n) is 3.43. The second-order valence-corrected chi connectivity index (χ2v) is 7.52. The summed E-state index contributed by atoms with van der Waals surface area (Å²) in [5.74, 6) is 0.408. The van der Waals surface area contributed by atoms with E-state index in [1.165, 1.54) is 11.8 Å². The van der Waals surface area contributed by atoms with E-state index in [0.717, 1.165) is 23.2 Å². The van der Waals surface area contributed by atoms with Crippen molar-refractivity contribution >= 4 is 45.2 Å². The second kappa shape index (κ2) is 11.5. The maximum absolute atomic E-state index is 11.8. The molecule has 2 N–H and O–H groups in total. The van der Waals surface area contributed by atoms with Crippen LogP contribution in [0.15, 0.2) is 28.7 Å². The smallest absolute Gasteiger partial charge is 0.234 e. The van der Waals surface area contributed by atoms with Gasteiger partial charge < -0.3 is 10.6 Å². The summed E-state index contributed by atoms with van der Waals surface area (Å²) in [4.78, 5) is 25.9. The molecule has 1 aromatic rings. The highest BCUT2D eigenvalue weighted by Gasteiger charge is 2.09. The van der Waals surface area contributed by atoms with Gasteiger partial charge in [-0.3, -0.25) is 14.5 Å². The Morgan fingerprint density at radius 3 is 2.58 bits per heavy atom. The van der Waals surface area contributed by atoms with Crippen LogP contribution in [0.4, 0.5) is 5.69 Å². The zero-order chi connectivity index (χ0) is 17.9. The van der Waals surface area contributed by atoms with Crippen molar-refractivity contribution < 1.29 is 9.59 Å². The van der Waals surface area contributed by atoms with E-state index in [4.69, 9.17) is 0 Å². The molecule has 0 spiro atoms. The van der Waals surface area contributed by atoms with Crippen LogP contribution in [-0.4, -0.2) is 53.9 Å². The molecule has 0 saturated carbocycles. The molecule has 5 nitrogen and oxygen atoms in total. The SMILES string of the molecule is CCN(CCNC(=O)CSCC(=O)Nc1cccc(Br)c1)C(C)C. The molecular formula is C17H26BrN3O2S. The second-order valence-electron chi connectivity index (χ2n) is 5.62. The van der Waals surface area contributed by atoms with Crippen LogP contribution in [0.3, 0.4) is 0 Å². The Balaban J connectivity index is 2.17. The first-order valence-corrected chi connectivity index (χ1v) is 10.0. The lowest BCUT2D eigenvalue weighted by molar-refractivity contribution is -0.118. The van der Waals surface area contributed by atoms with Gasteiger partial charge in [-0.2, -0.15) is 0 Å². The first-order valence-electron chi connectivity index (χ1n) is 8.06. The summed E-state index contributed by atoms with van der Waals surface area (Å²) in [6.45, 7) is 8.85. The number of nitrogens with one attached hydrogen (secondary N) is 2. The van der Waals surface area contributed by atoms with Crippen molar-refractivity contribution in [2.24, 2.45) is 0 Å². The summed E-state index contributed by atoms with van der Waals surface area (Å²) in [7, 11) is 0. The van der Waals surface area contributed by atoms with Crippen LogP contribution in [0.2, 0.25) is 0 Å². The minimum Gasteiger partial charge on any atom is -0.354 e. The van der Waals surface area contributed by atoms with E-state index in [1.807, 2.05) is 24.3 Å². The average Bonchev–Trinajstić information content (AvgIpc) is 2.51. The Labute approximate surface area is 157 Å². The van der Waals surface area contributed by atoms with Crippen LogP contribution in [-0.2, 0) is 9.59 Å². The lowest BCUT2D eigenvalue weighted by Crippen LogP contribution is -2.39. The van der Waals surface area contributed by atoms with Gasteiger partial charge in [0, 0.05) is 29.3 Å². The zero-order valence-electron chi connectivity index (χ0n) is 14.5. The van der Waals surface area contributed by atoms with E-state index >= 15 is 0 Å². The number of likely N-dealkylation sites (N-methyl/N-ethyl adjacent to an activating group) is 1. The number of thioether (sulfide) groups is 1. The van der Waals surface area contributed by atoms with E-state index < -0.39 is 0 Å². The van der Waals surface area contributed by atoms with Crippen LogP contribution in [0.1, 0.15) is 20.8 Å². The fraction of sp³-hybridized carbons (Fsp3) is 0.529. The van der Waals surface area contributed by atoms with Gasteiger partial charge in [0.05, 0.1) is 11.5 Å². The molecule has 0 heterocycles. The van der Waals surface area contributed by atoms with Gasteiger partial charge in [0.1, 0.15) is 0 Å². The summed E-state index contributed by atoms with van der Waals surface area (Å²) in [6, 6.07) is 7.89. The Bertz CT molecular complexity index is 540. The monoisotopic (exact) mass is 415 g/mol. The average molecular weight is 416 g/mol. The van der Waals surface area contributed by atoms with Gasteiger partial charge in [-0.15, -0.1) is 11.8 Å². The molecule has 1 rings (SSSR count). The van der Waals surface area contributed by atoms with E-state index in [9.17, 15) is 9.59 Å². The molecule has 2 amide bonds. The van der Waals surface area contributed by atoms with Crippen molar-refractivity contribution in [1.82, 2.24) is 10.2 Å². The Morgan fingerprint density at radius 2 is 1.96 bits per heavy atom. The molecule has 1 aromatic carbocycles. The largest absolute Gasteiger partial charge is 0.354 e. The minimum absolute atomic E-state index is 0.0323. The van der Waals surface area contributed by atoms with Gasteiger partial charge in [-0.1, -0.05) is 28.9 Å². The van der Waals surface area contributed by atoms with Crippen molar-refractivity contribution in [3.63, 3.8) is 0 Å². The highest BCUT2D eigenvalue weighted by atomic mass is 79.9. The standard InChI is InChI=1S/C17H26BrN3O2S/c1-4-21(13(2)3)9-8-19-16(22)11-24-12-17(23)20-15-7-5-6-14(18)10-15/h5-7,10,13H,4,8-9,11-12H2,1-3H3,(H,19,22)(H,20,23). The van der Waals surface area contributed by atoms with Crippen LogP contribution in [0, 0.1) is 0 Å². The summed E-state index contributed by atoms with van der Waals surface area (Å²) in [5.41, 5.74) is 0.743. The quantitative estimate of drug-likeness (QED) is 0.616. The number of halogens is 1. The number of benzene rings is 1. The summed E-state index contributed by atoms with van der Waals surface area (Å²) >= 11 is 4.67. The summed E-state index contributed by atoms with van der Waals surface area (Å²) < 4.78 is 0.912. The normalized spacial score (nSPS) is 10.9. The predicted molar refractivity (Wildman–Crippen MR) is 105 cm³/mol. The maximum atomic E-state index is 11.8. The van der Waals surface area contributed by atoms with Crippen LogP contribution >= 0.6 is 27.7 Å². The number of carbonyl (C=O) groups excluding carboxylic acids is 2. The number of rotatable bonds is 10. The van der Waals surface area contributed by atoms with Crippen molar-refractivity contribution in [3.8, 4) is 0 Å². The number of carbonyl (C=O) groups is 2. The molecule has 24 heavy (non-hydrogen) atoms. The molecule has 134 valence electrons. The van der Waals surface area contributed by atoms with E-state index in [0.29, 0.717) is 18.3 Å². The van der Waals surface area contributed by atoms with E-state index in [-0.39, 0.29) is 17.6 Å². The van der Waals surface area contributed by atoms with Gasteiger partial charge in [-0.05, 0) is 38.6 Å². The fourth-order valence-electron chi connectivity index (χ4n) is 2.17. The molecule has 0 aromatic heterocycles. The van der Waals surface area contributed by atoms with Gasteiger partial charge in [-0.25, -0.2) is 0 Å². The van der Waals surface area contributed by atoms with Crippen LogP contribution < -0.4 is 10.6 Å². The maximum Gasteiger partial charge on any atom is 0.234 e. The number of hydrogen-bond acceptors (Lipinski definition) is 4. The Hall–Kier alpha value is -1.05. The third-order valence-corrected chi connectivity index (χ3v) is 4.86. The number of nitrogens with zero attached hydrogens (tertiary/aromatic N) is 1. The highest BCUT2D eigenvalue weighted by Crippen LogP contribution is 2.15. The first kappa shape index (κ1) is 21.0. The topological polar surface area (TPSA) is 61.4 Å². The molecule has 0 aliphatic heterocycles. The molecule has 0 aliphatic rings. The molecule has 0 radical (unpaired) electrons. The minimum atomic E-state index is -0.108. The lowest BCUT2D eigenvalue weighted by Gasteiger charge is -2.24. The molecule has 0 aliphatic carbocycles. The van der Waals surface area contributed by atoms with Gasteiger partial charge >= 0.3 is 0 Å². The van der Waals surface area contributed by atoms with Crippen LogP contribution in [0.5, 0.6) is 0 Å². The molecule has 0 unspecified atom stereocenters. The molecule has 7 heteroatoms. The molecule has 0 fully saturated rings. The molecule has 0 atom stereocenters. The Kier molecular flexibility index (Phi) is 10.1. The zero-order valence-corrected chi connectivity index (χ0v) is 16.9. The van der Waals surface area contributed by atoms with Crippen molar-refractivity contribution in [3.05, 3.63) is 28.7 Å². The lowest BCUT2D eigenvalue weighted by atomic mass is 10.3. The van der Waals surface area contributed by atoms with E-state index in [2.05, 4.69) is 52.2 Å². The van der Waals surface area contributed by atoms with Crippen LogP contribution in [0.25, 0.3) is 0 Å². The van der Waals surface area contributed by atoms with Gasteiger partial charge in [0.25, 0.3) is 0 Å². The third kappa shape index (κ3) is 8.70. The highest BCUT2D eigenvalue weighted by molar-refractivity contribution is 9.10. The molecular weight excluding hydrogens is 390 g/mol. The van der Waals surface area contributed by atoms with Gasteiger partial charge in [0.2, 0.25) is 11.8 Å². The predicted octanol–water partition coefficient (Wildman–Crippen LogP) is 2.97. The van der Waals surface area contributed by atoms with Crippen molar-refractivity contribution in [2.75, 3.05) is 36.5 Å². The van der Waals surface area contributed by atoms with Crippen molar-refractivity contribution in [1.29, 1.82) is 0 Å². The molecule has 0 saturated heterocycles. The fourth-order valence-corrected chi connectivity index (χ4v) is 3.22. The summed E-state index contributed by atoms with van der Waals surface area (Å²) in [6.07, 6.45) is 0. The number of amides is 2. The number of anilines is 1. The molecule has 0 bridgehead atoms. The van der Waals surface area contributed by atoms with Crippen molar-refractivity contribution in [2.45, 2.75) is 26.8 Å². The Morgan fingerprint density at radius 1 is 1.25 bits per heavy atom. The first-order chi connectivity index (χ1) is 11.4.